The molecule has 0 radical (unpaired) electrons. The molecular weight excluding hydrogens is 306 g/mol. The van der Waals surface area contributed by atoms with E-state index in [4.69, 9.17) is 11.6 Å². The summed E-state index contributed by atoms with van der Waals surface area (Å²) in [6.45, 7) is 3.57. The monoisotopic (exact) mass is 328 g/mol. The maximum atomic E-state index is 11.9. The highest BCUT2D eigenvalue weighted by Crippen LogP contribution is 2.43. The van der Waals surface area contributed by atoms with Gasteiger partial charge in [-0.1, -0.05) is 54.1 Å². The van der Waals surface area contributed by atoms with Crippen LogP contribution < -0.4 is 4.90 Å². The lowest BCUT2D eigenvalue weighted by Gasteiger charge is -2.49. The van der Waals surface area contributed by atoms with Gasteiger partial charge in [-0.3, -0.25) is 0 Å². The molecular formula is C20H23ClNO+. The highest BCUT2D eigenvalue weighted by molar-refractivity contribution is 6.30. The fraction of sp³-hybridized carbons (Fsp3) is 0.400. The van der Waals surface area contributed by atoms with Gasteiger partial charge in [0, 0.05) is 23.8 Å². The highest BCUT2D eigenvalue weighted by atomic mass is 35.5. The van der Waals surface area contributed by atoms with E-state index in [1.54, 1.807) is 4.90 Å². The Bertz CT molecular complexity index is 664. The van der Waals surface area contributed by atoms with Crippen molar-refractivity contribution in [1.82, 2.24) is 0 Å². The Balaban J connectivity index is 1.82. The van der Waals surface area contributed by atoms with E-state index in [9.17, 15) is 5.11 Å². The summed E-state index contributed by atoms with van der Waals surface area (Å²) in [6, 6.07) is 17.9. The first-order chi connectivity index (χ1) is 11.2. The van der Waals surface area contributed by atoms with Crippen molar-refractivity contribution in [3.8, 4) is 0 Å². The van der Waals surface area contributed by atoms with Gasteiger partial charge in [0.1, 0.15) is 5.60 Å². The Kier molecular flexibility index (Phi) is 3.92. The van der Waals surface area contributed by atoms with Gasteiger partial charge in [0.15, 0.2) is 0 Å². The predicted octanol–water partition coefficient (Wildman–Crippen LogP) is 2.50. The molecule has 3 aliphatic heterocycles. The molecule has 0 spiro atoms. The average Bonchev–Trinajstić information content (AvgIpc) is 2.63. The summed E-state index contributed by atoms with van der Waals surface area (Å²) in [5.41, 5.74) is 1.04. The van der Waals surface area contributed by atoms with Gasteiger partial charge < -0.3 is 10.0 Å². The molecule has 0 aromatic heterocycles. The summed E-state index contributed by atoms with van der Waals surface area (Å²) in [6.07, 6.45) is 2.45. The normalized spacial score (nSPS) is 29.2. The zero-order valence-electron chi connectivity index (χ0n) is 13.2. The van der Waals surface area contributed by atoms with Crippen molar-refractivity contribution in [3.63, 3.8) is 0 Å². The summed E-state index contributed by atoms with van der Waals surface area (Å²) >= 11 is 6.07. The smallest absolute Gasteiger partial charge is 0.123 e. The minimum atomic E-state index is -0.928. The molecule has 0 aliphatic carbocycles. The zero-order chi connectivity index (χ0) is 15.9. The number of hydrogen-bond donors (Lipinski definition) is 2. The summed E-state index contributed by atoms with van der Waals surface area (Å²) in [5.74, 6) is 0.872. The molecule has 3 aliphatic rings. The van der Waals surface area contributed by atoms with Crippen LogP contribution in [0.1, 0.15) is 24.0 Å². The van der Waals surface area contributed by atoms with E-state index in [2.05, 4.69) is 12.1 Å². The fourth-order valence-electron chi connectivity index (χ4n) is 4.61. The lowest BCUT2D eigenvalue weighted by molar-refractivity contribution is -0.922. The Hall–Kier alpha value is -1.35. The number of quaternary nitrogens is 1. The third-order valence-electron chi connectivity index (χ3n) is 5.85. The zero-order valence-corrected chi connectivity index (χ0v) is 14.0. The van der Waals surface area contributed by atoms with Crippen LogP contribution in [0.15, 0.2) is 54.6 Å². The van der Waals surface area contributed by atoms with E-state index in [1.807, 2.05) is 42.5 Å². The minimum absolute atomic E-state index is 0.267. The third kappa shape index (κ3) is 2.59. The Labute approximate surface area is 142 Å². The van der Waals surface area contributed by atoms with Gasteiger partial charge in [-0.25, -0.2) is 0 Å². The third-order valence-corrected chi connectivity index (χ3v) is 6.10. The van der Waals surface area contributed by atoms with E-state index in [-0.39, 0.29) is 5.92 Å². The van der Waals surface area contributed by atoms with E-state index in [0.717, 1.165) is 17.7 Å². The molecule has 2 N–H and O–H groups in total. The van der Waals surface area contributed by atoms with E-state index < -0.39 is 5.60 Å². The molecule has 0 amide bonds. The van der Waals surface area contributed by atoms with Crippen LogP contribution in [0.25, 0.3) is 0 Å². The van der Waals surface area contributed by atoms with Crippen molar-refractivity contribution in [2.24, 2.45) is 11.8 Å². The van der Waals surface area contributed by atoms with Gasteiger partial charge in [0.25, 0.3) is 0 Å². The maximum absolute atomic E-state index is 11.9. The highest BCUT2D eigenvalue weighted by Gasteiger charge is 2.50. The van der Waals surface area contributed by atoms with Crippen molar-refractivity contribution in [1.29, 1.82) is 0 Å². The average molecular weight is 329 g/mol. The second-order valence-electron chi connectivity index (χ2n) is 7.04. The van der Waals surface area contributed by atoms with Crippen LogP contribution in [0.2, 0.25) is 5.02 Å². The van der Waals surface area contributed by atoms with Crippen LogP contribution in [0, 0.1) is 11.8 Å². The van der Waals surface area contributed by atoms with Crippen LogP contribution in [-0.4, -0.2) is 24.7 Å². The van der Waals surface area contributed by atoms with Crippen LogP contribution >= 0.6 is 11.6 Å². The molecule has 2 bridgehead atoms. The summed E-state index contributed by atoms with van der Waals surface area (Å²) < 4.78 is 0. The molecule has 2 aromatic rings. The molecule has 3 fully saturated rings. The van der Waals surface area contributed by atoms with E-state index >= 15 is 0 Å². The molecule has 120 valence electrons. The SMILES string of the molecule is O[C@@](c1ccccc1)(c1ccc(Cl)cc1)[C@@H]1C[NH+]2CCC1CC2. The van der Waals surface area contributed by atoms with Crippen molar-refractivity contribution < 1.29 is 10.0 Å². The van der Waals surface area contributed by atoms with Gasteiger partial charge in [-0.05, 0) is 29.2 Å². The summed E-state index contributed by atoms with van der Waals surface area (Å²) in [7, 11) is 0. The molecule has 5 rings (SSSR count). The number of benzene rings is 2. The van der Waals surface area contributed by atoms with Gasteiger partial charge in [-0.2, -0.15) is 0 Å². The van der Waals surface area contributed by atoms with Crippen LogP contribution in [0.3, 0.4) is 0 Å². The van der Waals surface area contributed by atoms with E-state index in [0.29, 0.717) is 10.9 Å². The Morgan fingerprint density at radius 2 is 1.52 bits per heavy atom. The minimum Gasteiger partial charge on any atom is -0.380 e. The summed E-state index contributed by atoms with van der Waals surface area (Å²) in [5, 5.41) is 12.6. The molecule has 3 saturated heterocycles. The van der Waals surface area contributed by atoms with Gasteiger partial charge >= 0.3 is 0 Å². The van der Waals surface area contributed by atoms with Crippen LogP contribution in [0.5, 0.6) is 0 Å². The molecule has 2 nitrogen and oxygen atoms in total. The van der Waals surface area contributed by atoms with Crippen molar-refractivity contribution in [2.75, 3.05) is 19.6 Å². The van der Waals surface area contributed by atoms with Crippen molar-refractivity contribution in [2.45, 2.75) is 18.4 Å². The van der Waals surface area contributed by atoms with Gasteiger partial charge in [-0.15, -0.1) is 0 Å². The fourth-order valence-corrected chi connectivity index (χ4v) is 4.74. The van der Waals surface area contributed by atoms with Crippen molar-refractivity contribution >= 4 is 11.6 Å². The standard InChI is InChI=1S/C20H22ClNO/c21-18-8-6-17(7-9-18)20(23,16-4-2-1-3-5-16)19-14-22-12-10-15(19)11-13-22/h1-9,15,19,23H,10-14H2/p+1/t19-,20+/m1/s1. The molecule has 2 aromatic carbocycles. The molecule has 2 atom stereocenters. The maximum Gasteiger partial charge on any atom is 0.123 e. The predicted molar refractivity (Wildman–Crippen MR) is 92.7 cm³/mol. The number of halogens is 1. The van der Waals surface area contributed by atoms with Crippen LogP contribution in [-0.2, 0) is 5.60 Å². The quantitative estimate of drug-likeness (QED) is 0.889. The Morgan fingerprint density at radius 1 is 0.913 bits per heavy atom. The largest absolute Gasteiger partial charge is 0.380 e. The lowest BCUT2D eigenvalue weighted by atomic mass is 9.65. The van der Waals surface area contributed by atoms with Crippen LogP contribution in [0.4, 0.5) is 0 Å². The molecule has 3 heteroatoms. The number of hydrogen-bond acceptors (Lipinski definition) is 1. The first kappa shape index (κ1) is 15.2. The first-order valence-electron chi connectivity index (χ1n) is 8.55. The first-order valence-corrected chi connectivity index (χ1v) is 8.93. The second kappa shape index (κ2) is 5.94. The number of aliphatic hydroxyl groups is 1. The lowest BCUT2D eigenvalue weighted by Crippen LogP contribution is -3.16. The molecule has 0 saturated carbocycles. The number of rotatable bonds is 3. The Morgan fingerprint density at radius 3 is 2.09 bits per heavy atom. The molecule has 23 heavy (non-hydrogen) atoms. The topological polar surface area (TPSA) is 24.7 Å². The van der Waals surface area contributed by atoms with Gasteiger partial charge in [0.05, 0.1) is 19.6 Å². The molecule has 3 heterocycles. The molecule has 0 unspecified atom stereocenters. The summed E-state index contributed by atoms with van der Waals surface area (Å²) in [4.78, 5) is 1.64. The number of piperidine rings is 3. The number of fused-ring (bicyclic) bond motifs is 3. The van der Waals surface area contributed by atoms with E-state index in [1.165, 1.54) is 25.9 Å². The van der Waals surface area contributed by atoms with Crippen molar-refractivity contribution in [3.05, 3.63) is 70.7 Å². The number of nitrogens with one attached hydrogen (secondary N) is 1. The van der Waals surface area contributed by atoms with Gasteiger partial charge in [0.2, 0.25) is 0 Å². The second-order valence-corrected chi connectivity index (χ2v) is 7.47.